The van der Waals surface area contributed by atoms with E-state index in [1.807, 2.05) is 0 Å². The smallest absolute Gasteiger partial charge is 0.267 e. The van der Waals surface area contributed by atoms with Gasteiger partial charge in [0, 0.05) is 11.6 Å². The average Bonchev–Trinajstić information content (AvgIpc) is 2.59. The van der Waals surface area contributed by atoms with Crippen molar-refractivity contribution >= 4 is 23.2 Å². The molecule has 0 aliphatic carbocycles. The number of aromatic nitrogens is 2. The number of carbonyl (C=O) groups excluding carboxylic acids is 1. The number of halogens is 2. The van der Waals surface area contributed by atoms with Gasteiger partial charge in [-0.25, -0.2) is 9.07 Å². The van der Waals surface area contributed by atoms with Gasteiger partial charge in [-0.15, -0.1) is 0 Å². The van der Waals surface area contributed by atoms with E-state index in [-0.39, 0.29) is 17.8 Å². The van der Waals surface area contributed by atoms with Gasteiger partial charge in [0.2, 0.25) is 5.91 Å². The van der Waals surface area contributed by atoms with Gasteiger partial charge in [-0.05, 0) is 30.3 Å². The van der Waals surface area contributed by atoms with E-state index in [0.717, 1.165) is 4.68 Å². The second-order valence-corrected chi connectivity index (χ2v) is 5.63. The molecule has 126 valence electrons. The summed E-state index contributed by atoms with van der Waals surface area (Å²) in [5.41, 5.74) is 0.493. The minimum Gasteiger partial charge on any atom is -0.323 e. The number of carbonyl (C=O) groups is 1. The average molecular weight is 358 g/mol. The van der Waals surface area contributed by atoms with Crippen LogP contribution in [0.4, 0.5) is 10.1 Å². The highest BCUT2D eigenvalue weighted by Crippen LogP contribution is 2.21. The number of anilines is 1. The first-order valence-corrected chi connectivity index (χ1v) is 7.80. The maximum absolute atomic E-state index is 13.9. The number of hydrogen-bond acceptors (Lipinski definition) is 3. The number of nitrogens with zero attached hydrogens (tertiary/aromatic N) is 2. The first-order chi connectivity index (χ1) is 12.0. The van der Waals surface area contributed by atoms with Gasteiger partial charge < -0.3 is 5.32 Å². The Balaban J connectivity index is 1.84. The Labute approximate surface area is 147 Å². The molecule has 0 spiro atoms. The van der Waals surface area contributed by atoms with Gasteiger partial charge in [0.05, 0.1) is 16.4 Å². The normalized spacial score (nSPS) is 10.5. The molecule has 0 fully saturated rings. The maximum Gasteiger partial charge on any atom is 0.267 e. The van der Waals surface area contributed by atoms with Crippen LogP contribution in [0.5, 0.6) is 0 Å². The Hall–Kier alpha value is -2.99. The molecule has 1 aromatic heterocycles. The number of benzene rings is 2. The fourth-order valence-electron chi connectivity index (χ4n) is 2.26. The van der Waals surface area contributed by atoms with Gasteiger partial charge in [-0.1, -0.05) is 35.9 Å². The fraction of sp³-hybridized carbons (Fsp3) is 0.0556. The topological polar surface area (TPSA) is 64.0 Å². The van der Waals surface area contributed by atoms with Crippen LogP contribution in [0.3, 0.4) is 0 Å². The van der Waals surface area contributed by atoms with Crippen molar-refractivity contribution in [3.05, 3.63) is 81.9 Å². The van der Waals surface area contributed by atoms with Crippen LogP contribution in [0.25, 0.3) is 11.3 Å². The SMILES string of the molecule is O=C(Cn1nc(-c2ccccc2F)ccc1=O)Nc1ccccc1Cl. The van der Waals surface area contributed by atoms with E-state index >= 15 is 0 Å². The van der Waals surface area contributed by atoms with Crippen molar-refractivity contribution in [2.45, 2.75) is 6.54 Å². The molecular formula is C18H13ClFN3O2. The first-order valence-electron chi connectivity index (χ1n) is 7.42. The van der Waals surface area contributed by atoms with Crippen LogP contribution >= 0.6 is 11.6 Å². The molecule has 0 saturated heterocycles. The van der Waals surface area contributed by atoms with E-state index in [9.17, 15) is 14.0 Å². The Morgan fingerprint density at radius 1 is 1.08 bits per heavy atom. The highest BCUT2D eigenvalue weighted by molar-refractivity contribution is 6.33. The largest absolute Gasteiger partial charge is 0.323 e. The second-order valence-electron chi connectivity index (χ2n) is 5.22. The van der Waals surface area contributed by atoms with Gasteiger partial charge in [0.1, 0.15) is 12.4 Å². The highest BCUT2D eigenvalue weighted by Gasteiger charge is 2.11. The Morgan fingerprint density at radius 3 is 2.56 bits per heavy atom. The lowest BCUT2D eigenvalue weighted by Crippen LogP contribution is -2.29. The van der Waals surface area contributed by atoms with Gasteiger partial charge in [-0.3, -0.25) is 9.59 Å². The third-order valence-corrected chi connectivity index (χ3v) is 3.79. The van der Waals surface area contributed by atoms with Crippen LogP contribution in [-0.4, -0.2) is 15.7 Å². The molecule has 0 unspecified atom stereocenters. The summed E-state index contributed by atoms with van der Waals surface area (Å²) in [5, 5.41) is 7.08. The first kappa shape index (κ1) is 16.9. The quantitative estimate of drug-likeness (QED) is 0.778. The summed E-state index contributed by atoms with van der Waals surface area (Å²) in [4.78, 5) is 24.1. The molecule has 0 bridgehead atoms. The van der Waals surface area contributed by atoms with Crippen molar-refractivity contribution < 1.29 is 9.18 Å². The molecule has 0 aliphatic heterocycles. The van der Waals surface area contributed by atoms with Crippen LogP contribution in [0.2, 0.25) is 5.02 Å². The van der Waals surface area contributed by atoms with Gasteiger partial charge >= 0.3 is 0 Å². The molecule has 0 atom stereocenters. The Kier molecular flexibility index (Phi) is 4.90. The van der Waals surface area contributed by atoms with E-state index in [0.29, 0.717) is 10.7 Å². The lowest BCUT2D eigenvalue weighted by atomic mass is 10.1. The number of rotatable bonds is 4. The molecule has 2 aromatic carbocycles. The third kappa shape index (κ3) is 3.92. The van der Waals surface area contributed by atoms with Crippen LogP contribution in [0.1, 0.15) is 0 Å². The standard InChI is InChI=1S/C18H13ClFN3O2/c19-13-6-2-4-8-16(13)21-17(24)11-23-18(25)10-9-15(22-23)12-5-1-3-7-14(12)20/h1-10H,11H2,(H,21,24). The summed E-state index contributed by atoms with van der Waals surface area (Å²) in [6.45, 7) is -0.313. The molecular weight excluding hydrogens is 345 g/mol. The summed E-state index contributed by atoms with van der Waals surface area (Å²) >= 11 is 5.98. The third-order valence-electron chi connectivity index (χ3n) is 3.46. The van der Waals surface area contributed by atoms with E-state index in [1.165, 1.54) is 18.2 Å². The van der Waals surface area contributed by atoms with Crippen molar-refractivity contribution in [2.24, 2.45) is 0 Å². The van der Waals surface area contributed by atoms with Crippen LogP contribution in [-0.2, 0) is 11.3 Å². The van der Waals surface area contributed by atoms with E-state index in [2.05, 4.69) is 10.4 Å². The number of amides is 1. The fourth-order valence-corrected chi connectivity index (χ4v) is 2.45. The summed E-state index contributed by atoms with van der Waals surface area (Å²) in [7, 11) is 0. The zero-order chi connectivity index (χ0) is 17.8. The number of para-hydroxylation sites is 1. The predicted molar refractivity (Wildman–Crippen MR) is 94.0 cm³/mol. The van der Waals surface area contributed by atoms with Crippen molar-refractivity contribution in [3.63, 3.8) is 0 Å². The van der Waals surface area contributed by atoms with Gasteiger partial charge in [0.15, 0.2) is 0 Å². The zero-order valence-electron chi connectivity index (χ0n) is 12.9. The van der Waals surface area contributed by atoms with Crippen LogP contribution in [0, 0.1) is 5.82 Å². The maximum atomic E-state index is 13.9. The van der Waals surface area contributed by atoms with Crippen molar-refractivity contribution in [3.8, 4) is 11.3 Å². The molecule has 1 heterocycles. The zero-order valence-corrected chi connectivity index (χ0v) is 13.7. The summed E-state index contributed by atoms with van der Waals surface area (Å²) in [6.07, 6.45) is 0. The molecule has 7 heteroatoms. The van der Waals surface area contributed by atoms with Crippen LogP contribution in [0.15, 0.2) is 65.5 Å². The van der Waals surface area contributed by atoms with E-state index in [1.54, 1.807) is 42.5 Å². The summed E-state index contributed by atoms with van der Waals surface area (Å²) < 4.78 is 14.9. The molecule has 1 N–H and O–H groups in total. The molecule has 25 heavy (non-hydrogen) atoms. The van der Waals surface area contributed by atoms with Gasteiger partial charge in [0.25, 0.3) is 5.56 Å². The van der Waals surface area contributed by atoms with Crippen molar-refractivity contribution in [1.82, 2.24) is 9.78 Å². The minimum absolute atomic E-state index is 0.253. The monoisotopic (exact) mass is 357 g/mol. The summed E-state index contributed by atoms with van der Waals surface area (Å²) in [5.74, 6) is -0.922. The Morgan fingerprint density at radius 2 is 1.80 bits per heavy atom. The highest BCUT2D eigenvalue weighted by atomic mass is 35.5. The van der Waals surface area contributed by atoms with E-state index in [4.69, 9.17) is 11.6 Å². The minimum atomic E-state index is -0.464. The molecule has 3 aromatic rings. The predicted octanol–water partition coefficient (Wildman–Crippen LogP) is 3.34. The molecule has 3 rings (SSSR count). The lowest BCUT2D eigenvalue weighted by Gasteiger charge is -2.09. The molecule has 0 saturated carbocycles. The molecule has 0 aliphatic rings. The second kappa shape index (κ2) is 7.27. The summed E-state index contributed by atoms with van der Waals surface area (Å²) in [6, 6.07) is 15.5. The van der Waals surface area contributed by atoms with Gasteiger partial charge in [-0.2, -0.15) is 5.10 Å². The Bertz CT molecular complexity index is 988. The lowest BCUT2D eigenvalue weighted by molar-refractivity contribution is -0.117. The van der Waals surface area contributed by atoms with E-state index < -0.39 is 17.3 Å². The molecule has 1 amide bonds. The van der Waals surface area contributed by atoms with Crippen LogP contribution < -0.4 is 10.9 Å². The van der Waals surface area contributed by atoms with Crippen molar-refractivity contribution in [2.75, 3.05) is 5.32 Å². The van der Waals surface area contributed by atoms with Crippen molar-refractivity contribution in [1.29, 1.82) is 0 Å². The number of hydrogen-bond donors (Lipinski definition) is 1. The number of nitrogens with one attached hydrogen (secondary N) is 1. The molecule has 5 nitrogen and oxygen atoms in total. The molecule has 0 radical (unpaired) electrons.